The van der Waals surface area contributed by atoms with Crippen LogP contribution in [0.2, 0.25) is 0 Å². The van der Waals surface area contributed by atoms with Crippen molar-refractivity contribution in [1.82, 2.24) is 7.96 Å². The standard InChI is InChI=1S/C13H17N3Se/c1-9(10-5-2-3-6-10)14-11-7-4-8-12-13(11)16-17-15-12/h4,7-10,14H,2-3,5-6H2,1H3. The molecule has 3 nitrogen and oxygen atoms in total. The van der Waals surface area contributed by atoms with Crippen molar-refractivity contribution in [3.63, 3.8) is 0 Å². The third kappa shape index (κ3) is 2.24. The SMILES string of the molecule is CC(Nc1cccc2n[se]nc12)C1CCCC1. The first-order valence-corrected chi connectivity index (χ1v) is 7.85. The second-order valence-corrected chi connectivity index (χ2v) is 6.02. The summed E-state index contributed by atoms with van der Waals surface area (Å²) in [4.78, 5) is 0. The second-order valence-electron chi connectivity index (χ2n) is 4.92. The Hall–Kier alpha value is -0.861. The van der Waals surface area contributed by atoms with Gasteiger partial charge < -0.3 is 0 Å². The zero-order chi connectivity index (χ0) is 11.7. The van der Waals surface area contributed by atoms with Crippen molar-refractivity contribution >= 4 is 31.7 Å². The first-order chi connectivity index (χ1) is 8.34. The first-order valence-electron chi connectivity index (χ1n) is 6.32. The molecule has 0 bridgehead atoms. The summed E-state index contributed by atoms with van der Waals surface area (Å²) in [5.41, 5.74) is 3.32. The van der Waals surface area contributed by atoms with Crippen LogP contribution in [-0.2, 0) is 0 Å². The summed E-state index contributed by atoms with van der Waals surface area (Å²) in [7, 11) is 0. The summed E-state index contributed by atoms with van der Waals surface area (Å²) in [6.07, 6.45) is 5.53. The van der Waals surface area contributed by atoms with E-state index in [1.807, 2.05) is 0 Å². The van der Waals surface area contributed by atoms with Crippen LogP contribution in [0.5, 0.6) is 0 Å². The van der Waals surface area contributed by atoms with Crippen molar-refractivity contribution in [2.75, 3.05) is 5.32 Å². The number of hydrogen-bond acceptors (Lipinski definition) is 3. The van der Waals surface area contributed by atoms with E-state index in [1.165, 1.54) is 31.4 Å². The molecule has 1 unspecified atom stereocenters. The summed E-state index contributed by atoms with van der Waals surface area (Å²) in [5, 5.41) is 3.64. The average molecular weight is 294 g/mol. The number of anilines is 1. The normalized spacial score (nSPS) is 18.6. The fraction of sp³-hybridized carbons (Fsp3) is 0.538. The molecule has 0 radical (unpaired) electrons. The molecule has 17 heavy (non-hydrogen) atoms. The molecule has 2 aromatic rings. The molecule has 1 fully saturated rings. The fourth-order valence-electron chi connectivity index (χ4n) is 2.74. The van der Waals surface area contributed by atoms with Crippen LogP contribution in [0.25, 0.3) is 11.0 Å². The average Bonchev–Trinajstić information content (AvgIpc) is 3.00. The van der Waals surface area contributed by atoms with E-state index in [9.17, 15) is 0 Å². The third-order valence-corrected chi connectivity index (χ3v) is 4.91. The molecule has 1 saturated carbocycles. The van der Waals surface area contributed by atoms with E-state index in [0.29, 0.717) is 6.04 Å². The van der Waals surface area contributed by atoms with Gasteiger partial charge in [-0.25, -0.2) is 0 Å². The van der Waals surface area contributed by atoms with Crippen LogP contribution in [0.3, 0.4) is 0 Å². The van der Waals surface area contributed by atoms with Crippen LogP contribution in [0.1, 0.15) is 32.6 Å². The van der Waals surface area contributed by atoms with Crippen molar-refractivity contribution in [2.45, 2.75) is 38.6 Å². The van der Waals surface area contributed by atoms with Crippen LogP contribution in [0.15, 0.2) is 18.2 Å². The third-order valence-electron chi connectivity index (χ3n) is 3.78. The van der Waals surface area contributed by atoms with Gasteiger partial charge >= 0.3 is 108 Å². The van der Waals surface area contributed by atoms with Gasteiger partial charge in [0.15, 0.2) is 0 Å². The molecule has 3 rings (SSSR count). The number of hydrogen-bond donors (Lipinski definition) is 1. The molecule has 90 valence electrons. The number of nitrogens with one attached hydrogen (secondary N) is 1. The van der Waals surface area contributed by atoms with E-state index in [-0.39, 0.29) is 15.0 Å². The Balaban J connectivity index is 1.81. The van der Waals surface area contributed by atoms with E-state index >= 15 is 0 Å². The van der Waals surface area contributed by atoms with Crippen LogP contribution in [0.4, 0.5) is 5.69 Å². The van der Waals surface area contributed by atoms with Gasteiger partial charge in [0.05, 0.1) is 0 Å². The van der Waals surface area contributed by atoms with E-state index in [1.54, 1.807) is 0 Å². The summed E-state index contributed by atoms with van der Waals surface area (Å²) in [5.74, 6) is 0.828. The Morgan fingerprint density at radius 2 is 2.12 bits per heavy atom. The Bertz CT molecular complexity index is 502. The summed E-state index contributed by atoms with van der Waals surface area (Å²) < 4.78 is 8.93. The summed E-state index contributed by atoms with van der Waals surface area (Å²) in [6, 6.07) is 6.81. The molecule has 1 aliphatic carbocycles. The number of fused-ring (bicyclic) bond motifs is 1. The summed E-state index contributed by atoms with van der Waals surface area (Å²) in [6.45, 7) is 2.30. The molecule has 1 aromatic heterocycles. The van der Waals surface area contributed by atoms with Gasteiger partial charge in [-0.2, -0.15) is 0 Å². The van der Waals surface area contributed by atoms with Gasteiger partial charge in [0.2, 0.25) is 0 Å². The topological polar surface area (TPSA) is 37.8 Å². The van der Waals surface area contributed by atoms with Crippen molar-refractivity contribution in [3.8, 4) is 0 Å². The molecule has 0 aliphatic heterocycles. The molecule has 1 atom stereocenters. The maximum atomic E-state index is 4.51. The van der Waals surface area contributed by atoms with Gasteiger partial charge in [0.25, 0.3) is 0 Å². The molecule has 0 amide bonds. The maximum absolute atomic E-state index is 4.51. The number of nitrogens with zero attached hydrogens (tertiary/aromatic N) is 2. The Kier molecular flexibility index (Phi) is 3.17. The van der Waals surface area contributed by atoms with E-state index < -0.39 is 0 Å². The van der Waals surface area contributed by atoms with E-state index in [0.717, 1.165) is 17.0 Å². The molecular weight excluding hydrogens is 277 g/mol. The van der Waals surface area contributed by atoms with E-state index in [2.05, 4.69) is 38.4 Å². The Morgan fingerprint density at radius 3 is 2.94 bits per heavy atom. The van der Waals surface area contributed by atoms with Crippen molar-refractivity contribution in [1.29, 1.82) is 0 Å². The van der Waals surface area contributed by atoms with Crippen molar-refractivity contribution in [2.24, 2.45) is 5.92 Å². The van der Waals surface area contributed by atoms with Gasteiger partial charge in [-0.3, -0.25) is 0 Å². The predicted octanol–water partition coefficient (Wildman–Crippen LogP) is 2.68. The zero-order valence-electron chi connectivity index (χ0n) is 10.0. The molecular formula is C13H17N3Se. The molecule has 0 spiro atoms. The number of aromatic nitrogens is 2. The molecule has 1 aromatic carbocycles. The van der Waals surface area contributed by atoms with Gasteiger partial charge in [0, 0.05) is 0 Å². The minimum absolute atomic E-state index is 0.0662. The molecule has 0 saturated heterocycles. The molecule has 4 heteroatoms. The zero-order valence-corrected chi connectivity index (χ0v) is 11.7. The van der Waals surface area contributed by atoms with Crippen LogP contribution in [0, 0.1) is 5.92 Å². The number of benzene rings is 1. The van der Waals surface area contributed by atoms with Crippen LogP contribution >= 0.6 is 0 Å². The quantitative estimate of drug-likeness (QED) is 0.884. The van der Waals surface area contributed by atoms with Gasteiger partial charge in [-0.1, -0.05) is 0 Å². The minimum atomic E-state index is 0.0662. The molecule has 1 aliphatic rings. The van der Waals surface area contributed by atoms with Gasteiger partial charge in [-0.05, 0) is 0 Å². The van der Waals surface area contributed by atoms with Crippen molar-refractivity contribution in [3.05, 3.63) is 18.2 Å². The van der Waals surface area contributed by atoms with E-state index in [4.69, 9.17) is 0 Å². The van der Waals surface area contributed by atoms with Gasteiger partial charge in [0.1, 0.15) is 0 Å². The van der Waals surface area contributed by atoms with Crippen molar-refractivity contribution < 1.29 is 0 Å². The Labute approximate surface area is 108 Å². The van der Waals surface area contributed by atoms with Crippen LogP contribution in [-0.4, -0.2) is 29.0 Å². The second kappa shape index (κ2) is 4.79. The first kappa shape index (κ1) is 11.2. The molecule has 1 N–H and O–H groups in total. The summed E-state index contributed by atoms with van der Waals surface area (Å²) >= 11 is 0.0662. The predicted molar refractivity (Wildman–Crippen MR) is 71.5 cm³/mol. The van der Waals surface area contributed by atoms with Crippen LogP contribution < -0.4 is 5.32 Å². The Morgan fingerprint density at radius 1 is 1.29 bits per heavy atom. The van der Waals surface area contributed by atoms with Gasteiger partial charge in [-0.15, -0.1) is 0 Å². The fourth-order valence-corrected chi connectivity index (χ4v) is 3.90. The number of rotatable bonds is 3. The monoisotopic (exact) mass is 295 g/mol. The molecule has 1 heterocycles.